The maximum atomic E-state index is 5.67. The highest BCUT2D eigenvalue weighted by Crippen LogP contribution is 2.38. The molecule has 0 fully saturated rings. The molecule has 0 saturated carbocycles. The summed E-state index contributed by atoms with van der Waals surface area (Å²) < 4.78 is 5.67. The van der Waals surface area contributed by atoms with Crippen molar-refractivity contribution >= 4 is 5.69 Å². The average molecular weight is 205 g/mol. The van der Waals surface area contributed by atoms with Gasteiger partial charge in [-0.1, -0.05) is 19.9 Å². The lowest BCUT2D eigenvalue weighted by atomic mass is 9.87. The molecule has 0 aliphatic carbocycles. The third-order valence-corrected chi connectivity index (χ3v) is 2.81. The van der Waals surface area contributed by atoms with Crippen molar-refractivity contribution in [3.8, 4) is 5.75 Å². The summed E-state index contributed by atoms with van der Waals surface area (Å²) in [7, 11) is 0. The van der Waals surface area contributed by atoms with Crippen LogP contribution in [0.3, 0.4) is 0 Å². The Hall–Kier alpha value is -1.18. The zero-order valence-corrected chi connectivity index (χ0v) is 9.92. The lowest BCUT2D eigenvalue weighted by molar-refractivity contribution is 0.242. The monoisotopic (exact) mass is 205 g/mol. The minimum atomic E-state index is 0.234. The van der Waals surface area contributed by atoms with Gasteiger partial charge in [-0.05, 0) is 25.5 Å². The molecule has 1 aromatic rings. The lowest BCUT2D eigenvalue weighted by Crippen LogP contribution is -2.18. The molecule has 82 valence electrons. The van der Waals surface area contributed by atoms with E-state index in [4.69, 9.17) is 4.74 Å². The molecule has 0 amide bonds. The number of fused-ring (bicyclic) bond motifs is 1. The minimum absolute atomic E-state index is 0.234. The van der Waals surface area contributed by atoms with Crippen LogP contribution in [0, 0.1) is 0 Å². The molecule has 1 N–H and O–H groups in total. The molecular weight excluding hydrogens is 186 g/mol. The van der Waals surface area contributed by atoms with E-state index in [1.54, 1.807) is 0 Å². The fraction of sp³-hybridized carbons (Fsp3) is 0.538. The predicted molar refractivity (Wildman–Crippen MR) is 63.7 cm³/mol. The van der Waals surface area contributed by atoms with Gasteiger partial charge in [-0.25, -0.2) is 0 Å². The van der Waals surface area contributed by atoms with E-state index in [1.807, 2.05) is 13.8 Å². The van der Waals surface area contributed by atoms with Crippen LogP contribution in [0.1, 0.15) is 33.3 Å². The fourth-order valence-corrected chi connectivity index (χ4v) is 2.02. The Morgan fingerprint density at radius 3 is 2.73 bits per heavy atom. The first-order valence-corrected chi connectivity index (χ1v) is 5.54. The van der Waals surface area contributed by atoms with Crippen LogP contribution in [0.5, 0.6) is 5.75 Å². The van der Waals surface area contributed by atoms with Crippen LogP contribution < -0.4 is 10.1 Å². The highest BCUT2D eigenvalue weighted by molar-refractivity contribution is 5.62. The van der Waals surface area contributed by atoms with Crippen molar-refractivity contribution in [3.63, 3.8) is 0 Å². The number of nitrogens with one attached hydrogen (secondary N) is 1. The first kappa shape index (κ1) is 10.3. The standard InChI is InChI=1S/C13H19NO/c1-9(2)15-10-5-6-11-12(7-10)14-8-13(11,3)4/h5-7,9,14H,8H2,1-4H3. The lowest BCUT2D eigenvalue weighted by Gasteiger charge is -2.17. The maximum Gasteiger partial charge on any atom is 0.121 e. The summed E-state index contributed by atoms with van der Waals surface area (Å²) >= 11 is 0. The second kappa shape index (κ2) is 3.44. The third-order valence-electron chi connectivity index (χ3n) is 2.81. The molecular formula is C13H19NO. The van der Waals surface area contributed by atoms with Crippen LogP contribution in [0.2, 0.25) is 0 Å². The second-order valence-corrected chi connectivity index (χ2v) is 5.11. The first-order valence-electron chi connectivity index (χ1n) is 5.54. The normalized spacial score (nSPS) is 17.4. The Morgan fingerprint density at radius 1 is 1.33 bits per heavy atom. The molecule has 1 aromatic carbocycles. The molecule has 0 aromatic heterocycles. The Bertz CT molecular complexity index is 369. The quantitative estimate of drug-likeness (QED) is 0.800. The van der Waals surface area contributed by atoms with Gasteiger partial charge in [0.25, 0.3) is 0 Å². The fourth-order valence-electron chi connectivity index (χ4n) is 2.02. The summed E-state index contributed by atoms with van der Waals surface area (Å²) in [6.45, 7) is 9.62. The molecule has 0 radical (unpaired) electrons. The van der Waals surface area contributed by atoms with E-state index in [-0.39, 0.29) is 11.5 Å². The summed E-state index contributed by atoms with van der Waals surface area (Å²) in [5, 5.41) is 3.42. The SMILES string of the molecule is CC(C)Oc1ccc2c(c1)NCC2(C)C. The molecule has 1 aliphatic rings. The van der Waals surface area contributed by atoms with Gasteiger partial charge in [-0.2, -0.15) is 0 Å². The molecule has 2 rings (SSSR count). The summed E-state index contributed by atoms with van der Waals surface area (Å²) in [4.78, 5) is 0. The Morgan fingerprint density at radius 2 is 2.07 bits per heavy atom. The van der Waals surface area contributed by atoms with Crippen LogP contribution >= 0.6 is 0 Å². The summed E-state index contributed by atoms with van der Waals surface area (Å²) in [5.74, 6) is 0.953. The highest BCUT2D eigenvalue weighted by Gasteiger charge is 2.29. The van der Waals surface area contributed by atoms with Gasteiger partial charge >= 0.3 is 0 Å². The smallest absolute Gasteiger partial charge is 0.121 e. The first-order chi connectivity index (χ1) is 6.99. The van der Waals surface area contributed by atoms with Crippen LogP contribution in [0.4, 0.5) is 5.69 Å². The van der Waals surface area contributed by atoms with E-state index in [9.17, 15) is 0 Å². The van der Waals surface area contributed by atoms with Crippen molar-refractivity contribution in [2.75, 3.05) is 11.9 Å². The number of anilines is 1. The van der Waals surface area contributed by atoms with E-state index in [0.717, 1.165) is 12.3 Å². The number of benzene rings is 1. The zero-order valence-electron chi connectivity index (χ0n) is 9.92. The van der Waals surface area contributed by atoms with Gasteiger partial charge in [0, 0.05) is 23.7 Å². The summed E-state index contributed by atoms with van der Waals surface area (Å²) in [6.07, 6.45) is 0.234. The molecule has 1 aliphatic heterocycles. The van der Waals surface area contributed by atoms with Gasteiger partial charge in [-0.15, -0.1) is 0 Å². The van der Waals surface area contributed by atoms with E-state index in [2.05, 4.69) is 37.4 Å². The Balaban J connectivity index is 2.29. The summed E-state index contributed by atoms with van der Waals surface area (Å²) in [5.41, 5.74) is 2.85. The van der Waals surface area contributed by atoms with Crippen molar-refractivity contribution in [1.29, 1.82) is 0 Å². The molecule has 0 saturated heterocycles. The van der Waals surface area contributed by atoms with E-state index < -0.39 is 0 Å². The van der Waals surface area contributed by atoms with Crippen LogP contribution in [-0.4, -0.2) is 12.6 Å². The largest absolute Gasteiger partial charge is 0.491 e. The van der Waals surface area contributed by atoms with Crippen molar-refractivity contribution in [2.24, 2.45) is 0 Å². The number of rotatable bonds is 2. The molecule has 1 heterocycles. The molecule has 0 atom stereocenters. The van der Waals surface area contributed by atoms with Crippen LogP contribution in [0.15, 0.2) is 18.2 Å². The highest BCUT2D eigenvalue weighted by atomic mass is 16.5. The van der Waals surface area contributed by atoms with Gasteiger partial charge in [0.2, 0.25) is 0 Å². The van der Waals surface area contributed by atoms with E-state index in [1.165, 1.54) is 11.3 Å². The number of hydrogen-bond donors (Lipinski definition) is 1. The molecule has 0 spiro atoms. The molecule has 2 heteroatoms. The van der Waals surface area contributed by atoms with Gasteiger partial charge in [0.15, 0.2) is 0 Å². The van der Waals surface area contributed by atoms with E-state index >= 15 is 0 Å². The molecule has 0 unspecified atom stereocenters. The Kier molecular flexibility index (Phi) is 2.37. The number of ether oxygens (including phenoxy) is 1. The van der Waals surface area contributed by atoms with Gasteiger partial charge < -0.3 is 10.1 Å². The van der Waals surface area contributed by atoms with Crippen molar-refractivity contribution in [1.82, 2.24) is 0 Å². The van der Waals surface area contributed by atoms with Crippen molar-refractivity contribution in [2.45, 2.75) is 39.2 Å². The summed E-state index contributed by atoms with van der Waals surface area (Å²) in [6, 6.07) is 6.34. The minimum Gasteiger partial charge on any atom is -0.491 e. The van der Waals surface area contributed by atoms with Crippen molar-refractivity contribution in [3.05, 3.63) is 23.8 Å². The van der Waals surface area contributed by atoms with Gasteiger partial charge in [0.05, 0.1) is 6.10 Å². The maximum absolute atomic E-state index is 5.67. The van der Waals surface area contributed by atoms with Crippen LogP contribution in [-0.2, 0) is 5.41 Å². The Labute approximate surface area is 91.6 Å². The molecule has 2 nitrogen and oxygen atoms in total. The molecule has 0 bridgehead atoms. The topological polar surface area (TPSA) is 21.3 Å². The second-order valence-electron chi connectivity index (χ2n) is 5.11. The predicted octanol–water partition coefficient (Wildman–Crippen LogP) is 3.18. The number of hydrogen-bond acceptors (Lipinski definition) is 2. The van der Waals surface area contributed by atoms with E-state index in [0.29, 0.717) is 0 Å². The van der Waals surface area contributed by atoms with Gasteiger partial charge in [0.1, 0.15) is 5.75 Å². The van der Waals surface area contributed by atoms with Crippen molar-refractivity contribution < 1.29 is 4.74 Å². The van der Waals surface area contributed by atoms with Crippen LogP contribution in [0.25, 0.3) is 0 Å². The van der Waals surface area contributed by atoms with Gasteiger partial charge in [-0.3, -0.25) is 0 Å². The average Bonchev–Trinajstić information content (AvgIpc) is 2.41. The third kappa shape index (κ3) is 1.94. The molecule has 15 heavy (non-hydrogen) atoms. The zero-order chi connectivity index (χ0) is 11.1.